The molecule has 1 unspecified atom stereocenters. The average molecular weight is 348 g/mol. The summed E-state index contributed by atoms with van der Waals surface area (Å²) in [5, 5.41) is 0. The molecule has 0 spiro atoms. The van der Waals surface area contributed by atoms with Crippen molar-refractivity contribution in [2.45, 2.75) is 52.6 Å². The van der Waals surface area contributed by atoms with E-state index in [1.54, 1.807) is 6.92 Å². The lowest BCUT2D eigenvalue weighted by Gasteiger charge is -2.35. The van der Waals surface area contributed by atoms with E-state index in [1.165, 1.54) is 12.8 Å². The highest BCUT2D eigenvalue weighted by Gasteiger charge is 2.35. The Hall–Kier alpha value is -1.89. The predicted molar refractivity (Wildman–Crippen MR) is 95.4 cm³/mol. The van der Waals surface area contributed by atoms with Crippen LogP contribution in [0.4, 0.5) is 0 Å². The molecule has 1 aromatic heterocycles. The lowest BCUT2D eigenvalue weighted by atomic mass is 10.0. The molecule has 0 aromatic carbocycles. The number of aromatic nitrogens is 2. The van der Waals surface area contributed by atoms with Crippen LogP contribution in [-0.2, 0) is 11.3 Å². The van der Waals surface area contributed by atoms with Gasteiger partial charge in [0.15, 0.2) is 0 Å². The third kappa shape index (κ3) is 4.21. The molecule has 0 radical (unpaired) electrons. The van der Waals surface area contributed by atoms with Crippen molar-refractivity contribution < 1.29 is 4.79 Å². The van der Waals surface area contributed by atoms with Crippen molar-refractivity contribution >= 4 is 5.91 Å². The van der Waals surface area contributed by atoms with E-state index in [0.717, 1.165) is 13.1 Å². The number of nitrogens with one attached hydrogen (secondary N) is 2. The zero-order valence-corrected chi connectivity index (χ0v) is 15.3. The van der Waals surface area contributed by atoms with Crippen LogP contribution in [0.15, 0.2) is 9.59 Å². The maximum Gasteiger partial charge on any atom is 0.325 e. The number of amides is 1. The van der Waals surface area contributed by atoms with Crippen molar-refractivity contribution in [3.8, 4) is 0 Å². The van der Waals surface area contributed by atoms with E-state index in [1.807, 2.05) is 0 Å². The molecule has 3 rings (SSSR count). The van der Waals surface area contributed by atoms with Gasteiger partial charge in [0.05, 0.1) is 5.56 Å². The Bertz CT molecular complexity index is 747. The Morgan fingerprint density at radius 3 is 2.48 bits per heavy atom. The van der Waals surface area contributed by atoms with E-state index in [0.29, 0.717) is 42.6 Å². The summed E-state index contributed by atoms with van der Waals surface area (Å²) in [5.74, 6) is 1.25. The molecule has 2 N–H and O–H groups in total. The number of H-pyrrole nitrogens is 2. The summed E-state index contributed by atoms with van der Waals surface area (Å²) in [5.41, 5.74) is 0.353. The average Bonchev–Trinajstić information content (AvgIpc) is 3.34. The minimum absolute atomic E-state index is 0.165. The van der Waals surface area contributed by atoms with Gasteiger partial charge >= 0.3 is 5.69 Å². The van der Waals surface area contributed by atoms with Crippen LogP contribution >= 0.6 is 0 Å². The molecule has 1 amide bonds. The second-order valence-electron chi connectivity index (χ2n) is 7.80. The Kier molecular flexibility index (Phi) is 5.13. The SMILES string of the molecule is Cc1[nH]c(=O)[nH]c(=O)c1CN1CCC(=O)N(CC2CC2)C(C(C)C)C1. The van der Waals surface area contributed by atoms with Gasteiger partial charge < -0.3 is 9.88 Å². The van der Waals surface area contributed by atoms with E-state index in [4.69, 9.17) is 0 Å². The number of aromatic amines is 2. The summed E-state index contributed by atoms with van der Waals surface area (Å²) in [7, 11) is 0. The van der Waals surface area contributed by atoms with Gasteiger partial charge in [0.1, 0.15) is 0 Å². The lowest BCUT2D eigenvalue weighted by molar-refractivity contribution is -0.133. The summed E-state index contributed by atoms with van der Waals surface area (Å²) in [6.07, 6.45) is 2.94. The van der Waals surface area contributed by atoms with Gasteiger partial charge in [-0.1, -0.05) is 13.8 Å². The predicted octanol–water partition coefficient (Wildman–Crippen LogP) is 0.841. The van der Waals surface area contributed by atoms with Gasteiger partial charge in [0, 0.05) is 44.3 Å². The van der Waals surface area contributed by atoms with Crippen molar-refractivity contribution in [3.05, 3.63) is 32.1 Å². The second-order valence-corrected chi connectivity index (χ2v) is 7.80. The van der Waals surface area contributed by atoms with Gasteiger partial charge in [0.25, 0.3) is 5.56 Å². The maximum absolute atomic E-state index is 12.7. The molecule has 1 aliphatic carbocycles. The Labute approximate surface area is 147 Å². The van der Waals surface area contributed by atoms with Crippen LogP contribution in [0.25, 0.3) is 0 Å². The summed E-state index contributed by atoms with van der Waals surface area (Å²) < 4.78 is 0. The fourth-order valence-corrected chi connectivity index (χ4v) is 3.61. The minimum Gasteiger partial charge on any atom is -0.338 e. The molecule has 2 heterocycles. The molecule has 1 atom stereocenters. The molecule has 1 saturated heterocycles. The number of carbonyl (C=O) groups is 1. The van der Waals surface area contributed by atoms with Gasteiger partial charge in [-0.25, -0.2) is 4.79 Å². The van der Waals surface area contributed by atoms with Crippen LogP contribution in [0.3, 0.4) is 0 Å². The van der Waals surface area contributed by atoms with Crippen molar-refractivity contribution in [3.63, 3.8) is 0 Å². The van der Waals surface area contributed by atoms with Crippen LogP contribution in [0, 0.1) is 18.8 Å². The number of aryl methyl sites for hydroxylation is 1. The first-order valence-corrected chi connectivity index (χ1v) is 9.19. The number of carbonyl (C=O) groups excluding carboxylic acids is 1. The maximum atomic E-state index is 12.7. The summed E-state index contributed by atoms with van der Waals surface area (Å²) in [4.78, 5) is 45.4. The third-order valence-corrected chi connectivity index (χ3v) is 5.37. The molecule has 25 heavy (non-hydrogen) atoms. The highest BCUT2D eigenvalue weighted by molar-refractivity contribution is 5.77. The molecule has 1 aliphatic heterocycles. The summed E-state index contributed by atoms with van der Waals surface area (Å²) in [6, 6.07) is 0.165. The largest absolute Gasteiger partial charge is 0.338 e. The lowest BCUT2D eigenvalue weighted by Crippen LogP contribution is -2.47. The van der Waals surface area contributed by atoms with Crippen LogP contribution < -0.4 is 11.2 Å². The smallest absolute Gasteiger partial charge is 0.325 e. The highest BCUT2D eigenvalue weighted by Crippen LogP contribution is 2.32. The normalized spacial score (nSPS) is 22.5. The van der Waals surface area contributed by atoms with Crippen LogP contribution in [0.1, 0.15) is 44.4 Å². The number of nitrogens with zero attached hydrogens (tertiary/aromatic N) is 2. The Morgan fingerprint density at radius 1 is 1.16 bits per heavy atom. The molecule has 7 nitrogen and oxygen atoms in total. The van der Waals surface area contributed by atoms with Gasteiger partial charge in [-0.3, -0.25) is 19.5 Å². The zero-order chi connectivity index (χ0) is 18.1. The molecule has 138 valence electrons. The van der Waals surface area contributed by atoms with Crippen molar-refractivity contribution in [2.24, 2.45) is 11.8 Å². The molecule has 0 bridgehead atoms. The number of hydrogen-bond acceptors (Lipinski definition) is 4. The first kappa shape index (κ1) is 17.9. The minimum atomic E-state index is -0.479. The fourth-order valence-electron chi connectivity index (χ4n) is 3.61. The Morgan fingerprint density at radius 2 is 1.88 bits per heavy atom. The molecular formula is C18H28N4O3. The van der Waals surface area contributed by atoms with Crippen molar-refractivity contribution in [1.29, 1.82) is 0 Å². The quantitative estimate of drug-likeness (QED) is 0.825. The molecular weight excluding hydrogens is 320 g/mol. The Balaban J connectivity index is 1.80. The standard InChI is InChI=1S/C18H28N4O3/c1-11(2)15-10-21(7-6-16(23)22(15)8-13-4-5-13)9-14-12(3)19-18(25)20-17(14)24/h11,13,15H,4-10H2,1-3H3,(H2,19,20,24,25). The van der Waals surface area contributed by atoms with Crippen LogP contribution in [0.2, 0.25) is 0 Å². The topological polar surface area (TPSA) is 89.3 Å². The van der Waals surface area contributed by atoms with Crippen molar-refractivity contribution in [2.75, 3.05) is 19.6 Å². The number of hydrogen-bond donors (Lipinski definition) is 2. The molecule has 2 fully saturated rings. The fraction of sp³-hybridized carbons (Fsp3) is 0.722. The van der Waals surface area contributed by atoms with Gasteiger partial charge in [0.2, 0.25) is 5.91 Å². The summed E-state index contributed by atoms with van der Waals surface area (Å²) >= 11 is 0. The van der Waals surface area contributed by atoms with E-state index >= 15 is 0 Å². The monoisotopic (exact) mass is 348 g/mol. The van der Waals surface area contributed by atoms with Gasteiger partial charge in [-0.05, 0) is 31.6 Å². The third-order valence-electron chi connectivity index (χ3n) is 5.37. The second kappa shape index (κ2) is 7.15. The number of rotatable bonds is 5. The van der Waals surface area contributed by atoms with E-state index in [-0.39, 0.29) is 17.5 Å². The van der Waals surface area contributed by atoms with Crippen LogP contribution in [-0.4, -0.2) is 51.4 Å². The molecule has 1 aromatic rings. The van der Waals surface area contributed by atoms with E-state index in [2.05, 4.69) is 33.6 Å². The van der Waals surface area contributed by atoms with Gasteiger partial charge in [-0.15, -0.1) is 0 Å². The van der Waals surface area contributed by atoms with Crippen LogP contribution in [0.5, 0.6) is 0 Å². The van der Waals surface area contributed by atoms with Crippen molar-refractivity contribution in [1.82, 2.24) is 19.8 Å². The zero-order valence-electron chi connectivity index (χ0n) is 15.3. The van der Waals surface area contributed by atoms with E-state index < -0.39 is 5.69 Å². The first-order chi connectivity index (χ1) is 11.8. The molecule has 1 saturated carbocycles. The first-order valence-electron chi connectivity index (χ1n) is 9.19. The van der Waals surface area contributed by atoms with E-state index in [9.17, 15) is 14.4 Å². The molecule has 2 aliphatic rings. The summed E-state index contributed by atoms with van der Waals surface area (Å²) in [6.45, 7) is 8.77. The molecule has 7 heteroatoms. The van der Waals surface area contributed by atoms with Gasteiger partial charge in [-0.2, -0.15) is 0 Å². The highest BCUT2D eigenvalue weighted by atomic mass is 16.2.